The van der Waals surface area contributed by atoms with E-state index in [1.807, 2.05) is 0 Å². The molecule has 0 heterocycles. The standard InChI is InChI=1S/C7H12O4.Li/c1-4-11-6(10)7(2,3)5(8)9;/h4H2,1-3H3,(H,8,9);/q;+1/p-1. The number of hydrogen-bond donors (Lipinski definition) is 0. The van der Waals surface area contributed by atoms with Gasteiger partial charge in [-0.15, -0.1) is 0 Å². The monoisotopic (exact) mass is 166 g/mol. The summed E-state index contributed by atoms with van der Waals surface area (Å²) in [5, 5.41) is 10.3. The molecule has 0 bridgehead atoms. The first-order valence-electron chi connectivity index (χ1n) is 3.31. The van der Waals surface area contributed by atoms with Crippen molar-refractivity contribution in [3.8, 4) is 0 Å². The van der Waals surface area contributed by atoms with Crippen LogP contribution in [0.2, 0.25) is 0 Å². The molecule has 0 aromatic heterocycles. The van der Waals surface area contributed by atoms with E-state index in [1.165, 1.54) is 13.8 Å². The molecule has 0 saturated carbocycles. The second-order valence-electron chi connectivity index (χ2n) is 2.63. The Balaban J connectivity index is 0. The van der Waals surface area contributed by atoms with E-state index in [0.29, 0.717) is 0 Å². The predicted molar refractivity (Wildman–Crippen MR) is 35.4 cm³/mol. The molecule has 0 rings (SSSR count). The Bertz CT molecular complexity index is 176. The molecule has 0 radical (unpaired) electrons. The van der Waals surface area contributed by atoms with Gasteiger partial charge in [-0.25, -0.2) is 0 Å². The molecule has 0 atom stereocenters. The molecule has 0 unspecified atom stereocenters. The van der Waals surface area contributed by atoms with Crippen LogP contribution < -0.4 is 24.0 Å². The molecule has 0 amide bonds. The maximum Gasteiger partial charge on any atom is 1.00 e. The molecule has 0 aliphatic carbocycles. The van der Waals surface area contributed by atoms with Crippen molar-refractivity contribution in [1.29, 1.82) is 0 Å². The fraction of sp³-hybridized carbons (Fsp3) is 0.714. The zero-order valence-corrected chi connectivity index (χ0v) is 7.84. The zero-order valence-electron chi connectivity index (χ0n) is 7.84. The summed E-state index contributed by atoms with van der Waals surface area (Å²) in [6, 6.07) is 0. The Morgan fingerprint density at radius 2 is 1.83 bits per heavy atom. The molecule has 0 saturated heterocycles. The van der Waals surface area contributed by atoms with Crippen LogP contribution >= 0.6 is 0 Å². The first kappa shape index (κ1) is 14.1. The first-order valence-corrected chi connectivity index (χ1v) is 3.31. The average molecular weight is 166 g/mol. The summed E-state index contributed by atoms with van der Waals surface area (Å²) in [5.41, 5.74) is -1.55. The van der Waals surface area contributed by atoms with E-state index < -0.39 is 17.4 Å². The third kappa shape index (κ3) is 3.29. The van der Waals surface area contributed by atoms with Crippen molar-refractivity contribution in [3.05, 3.63) is 0 Å². The first-order chi connectivity index (χ1) is 4.92. The Kier molecular flexibility index (Phi) is 6.14. The molecule has 12 heavy (non-hydrogen) atoms. The summed E-state index contributed by atoms with van der Waals surface area (Å²) in [5.74, 6) is -2.18. The van der Waals surface area contributed by atoms with Crippen LogP contribution in [0.3, 0.4) is 0 Å². The largest absolute Gasteiger partial charge is 1.00 e. The van der Waals surface area contributed by atoms with E-state index >= 15 is 0 Å². The number of carboxylic acid groups (broad SMARTS) is 1. The van der Waals surface area contributed by atoms with Crippen LogP contribution in [0.4, 0.5) is 0 Å². The summed E-state index contributed by atoms with van der Waals surface area (Å²) >= 11 is 0. The summed E-state index contributed by atoms with van der Waals surface area (Å²) < 4.78 is 4.51. The second kappa shape index (κ2) is 5.23. The van der Waals surface area contributed by atoms with Crippen molar-refractivity contribution < 1.29 is 38.3 Å². The summed E-state index contributed by atoms with van der Waals surface area (Å²) in [6.07, 6.45) is 0. The van der Waals surface area contributed by atoms with Gasteiger partial charge >= 0.3 is 24.8 Å². The number of carbonyl (C=O) groups excluding carboxylic acids is 2. The van der Waals surface area contributed by atoms with Gasteiger partial charge in [0.2, 0.25) is 0 Å². The van der Waals surface area contributed by atoms with Gasteiger partial charge in [0.15, 0.2) is 0 Å². The van der Waals surface area contributed by atoms with Crippen LogP contribution in [0, 0.1) is 5.41 Å². The SMILES string of the molecule is CCOC(=O)C(C)(C)C(=O)[O-].[Li+]. The minimum atomic E-state index is -1.55. The number of hydrogen-bond acceptors (Lipinski definition) is 4. The molecule has 0 N–H and O–H groups in total. The van der Waals surface area contributed by atoms with E-state index in [1.54, 1.807) is 6.92 Å². The summed E-state index contributed by atoms with van der Waals surface area (Å²) in [4.78, 5) is 21.2. The van der Waals surface area contributed by atoms with Gasteiger partial charge in [-0.1, -0.05) is 0 Å². The Morgan fingerprint density at radius 1 is 1.42 bits per heavy atom. The zero-order chi connectivity index (χ0) is 9.07. The number of aliphatic carboxylic acids is 1. The normalized spacial score (nSPS) is 9.92. The topological polar surface area (TPSA) is 66.4 Å². The molecule has 4 nitrogen and oxygen atoms in total. The Hall–Kier alpha value is -0.463. The fourth-order valence-electron chi connectivity index (χ4n) is 0.395. The van der Waals surface area contributed by atoms with Crippen LogP contribution in [0.15, 0.2) is 0 Å². The van der Waals surface area contributed by atoms with Crippen molar-refractivity contribution >= 4 is 11.9 Å². The third-order valence-electron chi connectivity index (χ3n) is 1.30. The minimum Gasteiger partial charge on any atom is -0.549 e. The minimum absolute atomic E-state index is 0. The van der Waals surface area contributed by atoms with Crippen LogP contribution in [0.1, 0.15) is 20.8 Å². The van der Waals surface area contributed by atoms with Gasteiger partial charge in [0.1, 0.15) is 5.41 Å². The fourth-order valence-corrected chi connectivity index (χ4v) is 0.395. The second-order valence-corrected chi connectivity index (χ2v) is 2.63. The predicted octanol–water partition coefficient (Wildman–Crippen LogP) is -3.67. The maximum atomic E-state index is 10.9. The Labute approximate surface area is 83.5 Å². The smallest absolute Gasteiger partial charge is 0.549 e. The van der Waals surface area contributed by atoms with E-state index in [0.717, 1.165) is 0 Å². The van der Waals surface area contributed by atoms with Gasteiger partial charge in [0, 0.05) is 0 Å². The van der Waals surface area contributed by atoms with Gasteiger partial charge < -0.3 is 14.6 Å². The Morgan fingerprint density at radius 3 is 2.08 bits per heavy atom. The van der Waals surface area contributed by atoms with Gasteiger partial charge in [-0.3, -0.25) is 4.79 Å². The van der Waals surface area contributed by atoms with E-state index in [4.69, 9.17) is 0 Å². The van der Waals surface area contributed by atoms with Gasteiger partial charge in [-0.2, -0.15) is 0 Å². The number of carbonyl (C=O) groups is 2. The van der Waals surface area contributed by atoms with Crippen molar-refractivity contribution in [2.24, 2.45) is 5.41 Å². The molecule has 5 heteroatoms. The third-order valence-corrected chi connectivity index (χ3v) is 1.30. The quantitative estimate of drug-likeness (QED) is 0.246. The molecular weight excluding hydrogens is 155 g/mol. The molecule has 0 fully saturated rings. The number of carboxylic acids is 1. The van der Waals surface area contributed by atoms with Crippen LogP contribution in [0.25, 0.3) is 0 Å². The van der Waals surface area contributed by atoms with E-state index in [9.17, 15) is 14.7 Å². The molecule has 0 aromatic rings. The molecule has 0 aliphatic rings. The van der Waals surface area contributed by atoms with Crippen molar-refractivity contribution in [2.75, 3.05) is 6.61 Å². The van der Waals surface area contributed by atoms with Gasteiger partial charge in [0.25, 0.3) is 0 Å². The summed E-state index contributed by atoms with van der Waals surface area (Å²) in [7, 11) is 0. The van der Waals surface area contributed by atoms with E-state index in [-0.39, 0.29) is 25.5 Å². The molecule has 0 aliphatic heterocycles. The van der Waals surface area contributed by atoms with Gasteiger partial charge in [-0.05, 0) is 20.8 Å². The van der Waals surface area contributed by atoms with Gasteiger partial charge in [0.05, 0.1) is 12.6 Å². The average Bonchev–Trinajstić information content (AvgIpc) is 1.88. The molecule has 0 aromatic carbocycles. The molecular formula is C7H11LiO4. The van der Waals surface area contributed by atoms with Crippen molar-refractivity contribution in [1.82, 2.24) is 0 Å². The molecule has 0 spiro atoms. The van der Waals surface area contributed by atoms with Crippen molar-refractivity contribution in [2.45, 2.75) is 20.8 Å². The maximum absolute atomic E-state index is 10.9. The number of ether oxygens (including phenoxy) is 1. The summed E-state index contributed by atoms with van der Waals surface area (Å²) in [6.45, 7) is 4.29. The van der Waals surface area contributed by atoms with Crippen molar-refractivity contribution in [3.63, 3.8) is 0 Å². The number of esters is 1. The van der Waals surface area contributed by atoms with Crippen LogP contribution in [0.5, 0.6) is 0 Å². The van der Waals surface area contributed by atoms with Crippen LogP contribution in [-0.2, 0) is 14.3 Å². The molecule has 64 valence electrons. The van der Waals surface area contributed by atoms with Crippen LogP contribution in [-0.4, -0.2) is 18.5 Å². The number of rotatable bonds is 3. The van der Waals surface area contributed by atoms with E-state index in [2.05, 4.69) is 4.74 Å².